The highest BCUT2D eigenvalue weighted by molar-refractivity contribution is 5.66. The second-order valence-electron chi connectivity index (χ2n) is 6.51. The lowest BCUT2D eigenvalue weighted by Crippen LogP contribution is -2.46. The lowest BCUT2D eigenvalue weighted by Gasteiger charge is -2.30. The van der Waals surface area contributed by atoms with Gasteiger partial charge in [0.25, 0.3) is 0 Å². The first-order valence-corrected chi connectivity index (χ1v) is 8.61. The van der Waals surface area contributed by atoms with Gasteiger partial charge in [-0.1, -0.05) is 6.42 Å². The van der Waals surface area contributed by atoms with Crippen LogP contribution in [0.25, 0.3) is 5.69 Å². The SMILES string of the molecule is COc1ccc(-n2nnnc2C(C)(CCCCC(=O)O)NCC(F)(F)F)cc1. The first-order valence-electron chi connectivity index (χ1n) is 8.61. The van der Waals surface area contributed by atoms with Gasteiger partial charge in [0.15, 0.2) is 5.82 Å². The van der Waals surface area contributed by atoms with E-state index in [9.17, 15) is 18.0 Å². The van der Waals surface area contributed by atoms with Crippen LogP contribution in [0, 0.1) is 0 Å². The zero-order chi connectivity index (χ0) is 20.8. The Labute approximate surface area is 159 Å². The largest absolute Gasteiger partial charge is 0.497 e. The monoisotopic (exact) mass is 401 g/mol. The van der Waals surface area contributed by atoms with Crippen molar-refractivity contribution in [2.75, 3.05) is 13.7 Å². The fourth-order valence-electron chi connectivity index (χ4n) is 2.76. The van der Waals surface area contributed by atoms with Gasteiger partial charge in [0.2, 0.25) is 0 Å². The molecule has 1 aromatic heterocycles. The highest BCUT2D eigenvalue weighted by Gasteiger charge is 2.37. The lowest BCUT2D eigenvalue weighted by molar-refractivity contribution is -0.137. The highest BCUT2D eigenvalue weighted by atomic mass is 19.4. The van der Waals surface area contributed by atoms with Gasteiger partial charge < -0.3 is 9.84 Å². The van der Waals surface area contributed by atoms with Crippen LogP contribution < -0.4 is 10.1 Å². The highest BCUT2D eigenvalue weighted by Crippen LogP contribution is 2.29. The van der Waals surface area contributed by atoms with Gasteiger partial charge in [-0.3, -0.25) is 10.1 Å². The van der Waals surface area contributed by atoms with Crippen molar-refractivity contribution in [3.63, 3.8) is 0 Å². The summed E-state index contributed by atoms with van der Waals surface area (Å²) in [7, 11) is 1.52. The molecule has 1 atom stereocenters. The number of carbonyl (C=O) groups is 1. The Kier molecular flexibility index (Phi) is 6.95. The number of hydrogen-bond acceptors (Lipinski definition) is 6. The molecular weight excluding hydrogens is 379 g/mol. The molecule has 0 aliphatic heterocycles. The average molecular weight is 401 g/mol. The minimum absolute atomic E-state index is 0.0568. The summed E-state index contributed by atoms with van der Waals surface area (Å²) in [5.74, 6) is -0.129. The van der Waals surface area contributed by atoms with E-state index in [-0.39, 0.29) is 18.7 Å². The number of methoxy groups -OCH3 is 1. The van der Waals surface area contributed by atoms with Crippen molar-refractivity contribution in [1.82, 2.24) is 25.5 Å². The van der Waals surface area contributed by atoms with Crippen molar-refractivity contribution in [3.8, 4) is 11.4 Å². The number of hydrogen-bond donors (Lipinski definition) is 2. The van der Waals surface area contributed by atoms with Crippen LogP contribution in [-0.4, -0.2) is 51.1 Å². The number of carboxylic acids is 1. The molecule has 1 unspecified atom stereocenters. The number of ether oxygens (including phenoxy) is 1. The van der Waals surface area contributed by atoms with Gasteiger partial charge in [-0.25, -0.2) is 0 Å². The molecule has 2 N–H and O–H groups in total. The molecule has 0 radical (unpaired) electrons. The van der Waals surface area contributed by atoms with E-state index in [0.717, 1.165) is 0 Å². The standard InChI is InChI=1S/C17H22F3N5O3/c1-16(21-11-17(18,19)20,10-4-3-5-14(26)27)15-22-23-24-25(15)12-6-8-13(28-2)9-7-12/h6-9,21H,3-5,10-11H2,1-2H3,(H,26,27). The molecule has 0 aliphatic rings. The first kappa shape index (κ1) is 21.6. The van der Waals surface area contributed by atoms with E-state index in [4.69, 9.17) is 9.84 Å². The van der Waals surface area contributed by atoms with E-state index in [1.807, 2.05) is 0 Å². The third kappa shape index (κ3) is 5.91. The number of carboxylic acid groups (broad SMARTS) is 1. The summed E-state index contributed by atoms with van der Waals surface area (Å²) in [5.41, 5.74) is -0.649. The molecule has 1 heterocycles. The molecule has 1 aromatic carbocycles. The molecule has 0 aliphatic carbocycles. The fourth-order valence-corrected chi connectivity index (χ4v) is 2.76. The molecule has 0 amide bonds. The number of unbranched alkanes of at least 4 members (excludes halogenated alkanes) is 1. The Morgan fingerprint density at radius 3 is 2.50 bits per heavy atom. The molecule has 8 nitrogen and oxygen atoms in total. The minimum Gasteiger partial charge on any atom is -0.497 e. The van der Waals surface area contributed by atoms with Gasteiger partial charge in [0, 0.05) is 6.42 Å². The molecule has 0 spiro atoms. The van der Waals surface area contributed by atoms with Crippen LogP contribution in [0.3, 0.4) is 0 Å². The van der Waals surface area contributed by atoms with E-state index >= 15 is 0 Å². The molecule has 28 heavy (non-hydrogen) atoms. The maximum atomic E-state index is 12.8. The zero-order valence-electron chi connectivity index (χ0n) is 15.5. The third-order valence-corrected chi connectivity index (χ3v) is 4.28. The molecular formula is C17H22F3N5O3. The van der Waals surface area contributed by atoms with Gasteiger partial charge in [-0.2, -0.15) is 17.9 Å². The predicted molar refractivity (Wildman–Crippen MR) is 93.2 cm³/mol. The summed E-state index contributed by atoms with van der Waals surface area (Å²) in [6.07, 6.45) is -3.52. The predicted octanol–water partition coefficient (Wildman–Crippen LogP) is 2.68. The van der Waals surface area contributed by atoms with Crippen molar-refractivity contribution in [3.05, 3.63) is 30.1 Å². The zero-order valence-corrected chi connectivity index (χ0v) is 15.5. The lowest BCUT2D eigenvalue weighted by atomic mass is 9.92. The van der Waals surface area contributed by atoms with Crippen LogP contribution >= 0.6 is 0 Å². The van der Waals surface area contributed by atoms with Crippen LogP contribution in [0.5, 0.6) is 5.75 Å². The van der Waals surface area contributed by atoms with E-state index in [1.54, 1.807) is 31.2 Å². The van der Waals surface area contributed by atoms with Gasteiger partial charge >= 0.3 is 12.1 Å². The third-order valence-electron chi connectivity index (χ3n) is 4.28. The first-order chi connectivity index (χ1) is 13.1. The van der Waals surface area contributed by atoms with Crippen LogP contribution in [0.4, 0.5) is 13.2 Å². The molecule has 154 valence electrons. The average Bonchev–Trinajstić information content (AvgIpc) is 3.13. The van der Waals surface area contributed by atoms with E-state index < -0.39 is 24.2 Å². The number of tetrazole rings is 1. The van der Waals surface area contributed by atoms with E-state index in [1.165, 1.54) is 11.8 Å². The van der Waals surface area contributed by atoms with Gasteiger partial charge in [-0.05, 0) is 54.5 Å². The van der Waals surface area contributed by atoms with Crippen molar-refractivity contribution in [2.45, 2.75) is 44.3 Å². The molecule has 0 saturated carbocycles. The van der Waals surface area contributed by atoms with Crippen molar-refractivity contribution in [2.24, 2.45) is 0 Å². The summed E-state index contributed by atoms with van der Waals surface area (Å²) < 4.78 is 44.9. The molecule has 0 saturated heterocycles. The quantitative estimate of drug-likeness (QED) is 0.590. The summed E-state index contributed by atoms with van der Waals surface area (Å²) in [5, 5.41) is 22.7. The van der Waals surface area contributed by atoms with E-state index in [2.05, 4.69) is 20.8 Å². The maximum absolute atomic E-state index is 12.8. The second-order valence-corrected chi connectivity index (χ2v) is 6.51. The van der Waals surface area contributed by atoms with Crippen molar-refractivity contribution < 1.29 is 27.8 Å². The molecule has 2 rings (SSSR count). The number of rotatable bonds is 10. The smallest absolute Gasteiger partial charge is 0.401 e. The Bertz CT molecular complexity index is 779. The van der Waals surface area contributed by atoms with E-state index in [0.29, 0.717) is 24.3 Å². The van der Waals surface area contributed by atoms with Crippen LogP contribution in [0.2, 0.25) is 0 Å². The molecule has 0 fully saturated rings. The minimum atomic E-state index is -4.42. The number of aliphatic carboxylic acids is 1. The number of alkyl halides is 3. The van der Waals surface area contributed by atoms with Crippen LogP contribution in [0.1, 0.15) is 38.4 Å². The normalized spacial score (nSPS) is 13.9. The number of aromatic nitrogens is 4. The number of halogens is 3. The summed E-state index contributed by atoms with van der Waals surface area (Å²) in [6, 6.07) is 6.75. The number of nitrogens with zero attached hydrogens (tertiary/aromatic N) is 4. The van der Waals surface area contributed by atoms with Crippen LogP contribution in [-0.2, 0) is 10.3 Å². The Morgan fingerprint density at radius 1 is 1.25 bits per heavy atom. The summed E-state index contributed by atoms with van der Waals surface area (Å²) >= 11 is 0. The Morgan fingerprint density at radius 2 is 1.93 bits per heavy atom. The van der Waals surface area contributed by atoms with Crippen LogP contribution in [0.15, 0.2) is 24.3 Å². The fraction of sp³-hybridized carbons (Fsp3) is 0.529. The second kappa shape index (κ2) is 9.00. The van der Waals surface area contributed by atoms with Crippen molar-refractivity contribution in [1.29, 1.82) is 0 Å². The summed E-state index contributed by atoms with van der Waals surface area (Å²) in [6.45, 7) is 0.350. The Hall–Kier alpha value is -2.69. The maximum Gasteiger partial charge on any atom is 0.401 e. The number of benzene rings is 1. The van der Waals surface area contributed by atoms with Crippen molar-refractivity contribution >= 4 is 5.97 Å². The topological polar surface area (TPSA) is 102 Å². The summed E-state index contributed by atoms with van der Waals surface area (Å²) in [4.78, 5) is 10.7. The molecule has 2 aromatic rings. The molecule has 0 bridgehead atoms. The molecule has 11 heteroatoms. The van der Waals surface area contributed by atoms with Gasteiger partial charge in [0.05, 0.1) is 24.9 Å². The van der Waals surface area contributed by atoms with Gasteiger partial charge in [0.1, 0.15) is 5.75 Å². The number of nitrogens with one attached hydrogen (secondary N) is 1. The Balaban J connectivity index is 2.28. The van der Waals surface area contributed by atoms with Gasteiger partial charge in [-0.15, -0.1) is 5.10 Å².